The number of nitro benzene ring substituents is 1. The number of nitro groups is 1. The summed E-state index contributed by atoms with van der Waals surface area (Å²) in [5.74, 6) is -2.16. The molecule has 6 heteroatoms. The summed E-state index contributed by atoms with van der Waals surface area (Å²) >= 11 is 0. The van der Waals surface area contributed by atoms with Gasteiger partial charge in [0.1, 0.15) is 0 Å². The van der Waals surface area contributed by atoms with E-state index in [2.05, 4.69) is 0 Å². The molecular weight excluding hydrogens is 210 g/mol. The second-order valence-corrected chi connectivity index (χ2v) is 2.86. The van der Waals surface area contributed by atoms with Gasteiger partial charge >= 0.3 is 0 Å². The monoisotopic (exact) mass is 215 g/mol. The van der Waals surface area contributed by atoms with Crippen molar-refractivity contribution >= 4 is 11.5 Å². The Morgan fingerprint density at radius 3 is 2.50 bits per heavy atom. The second-order valence-electron chi connectivity index (χ2n) is 2.86. The number of carbonyl (C=O) groups is 1. The lowest BCUT2D eigenvalue weighted by molar-refractivity contribution is -0.384. The number of Topliss-reactive ketones (excluding diaryl/α,β-unsaturated/α-hetero) is 1. The lowest BCUT2D eigenvalue weighted by Gasteiger charge is -1.99. The Hall–Kier alpha value is -2.73. The normalized spacial score (nSPS) is 9.19. The maximum absolute atomic E-state index is 11.5. The zero-order valence-corrected chi connectivity index (χ0v) is 7.95. The molecule has 1 aromatic carbocycles. The number of ketones is 1. The van der Waals surface area contributed by atoms with E-state index in [1.807, 2.05) is 0 Å². The topological polar surface area (TPSA) is 108 Å². The maximum atomic E-state index is 11.5. The standard InChI is InChI=1S/C10H5N3O3/c11-5-8(6-12)10(14)7-2-1-3-9(4-7)13(15)16/h1-4,8H. The van der Waals surface area contributed by atoms with E-state index in [0.29, 0.717) is 0 Å². The minimum absolute atomic E-state index is 0.0118. The van der Waals surface area contributed by atoms with Crippen molar-refractivity contribution in [1.29, 1.82) is 10.5 Å². The number of carbonyl (C=O) groups excluding carboxylic acids is 1. The van der Waals surface area contributed by atoms with Crippen molar-refractivity contribution in [3.8, 4) is 12.1 Å². The van der Waals surface area contributed by atoms with E-state index in [9.17, 15) is 14.9 Å². The van der Waals surface area contributed by atoms with Crippen molar-refractivity contribution in [2.24, 2.45) is 5.92 Å². The molecule has 0 saturated carbocycles. The molecule has 0 heterocycles. The number of non-ortho nitro benzene ring substituents is 1. The van der Waals surface area contributed by atoms with Crippen LogP contribution in [0, 0.1) is 38.7 Å². The third kappa shape index (κ3) is 2.20. The van der Waals surface area contributed by atoms with Crippen LogP contribution in [0.25, 0.3) is 0 Å². The highest BCUT2D eigenvalue weighted by Gasteiger charge is 2.20. The van der Waals surface area contributed by atoms with Gasteiger partial charge in [-0.25, -0.2) is 0 Å². The van der Waals surface area contributed by atoms with Gasteiger partial charge in [-0.3, -0.25) is 14.9 Å². The van der Waals surface area contributed by atoms with E-state index in [-0.39, 0.29) is 11.3 Å². The molecule has 0 aromatic heterocycles. The van der Waals surface area contributed by atoms with Gasteiger partial charge in [-0.05, 0) is 0 Å². The first kappa shape index (κ1) is 11.3. The van der Waals surface area contributed by atoms with Crippen LogP contribution in [0.4, 0.5) is 5.69 Å². The molecule has 1 aromatic rings. The van der Waals surface area contributed by atoms with Crippen LogP contribution >= 0.6 is 0 Å². The van der Waals surface area contributed by atoms with E-state index in [4.69, 9.17) is 10.5 Å². The Bertz CT molecular complexity index is 511. The van der Waals surface area contributed by atoms with Gasteiger partial charge in [-0.15, -0.1) is 0 Å². The van der Waals surface area contributed by atoms with Crippen LogP contribution in [-0.4, -0.2) is 10.7 Å². The summed E-state index contributed by atoms with van der Waals surface area (Å²) in [6.45, 7) is 0. The molecule has 0 radical (unpaired) electrons. The highest BCUT2D eigenvalue weighted by Crippen LogP contribution is 2.15. The van der Waals surface area contributed by atoms with E-state index < -0.39 is 16.6 Å². The van der Waals surface area contributed by atoms with Gasteiger partial charge in [-0.1, -0.05) is 12.1 Å². The smallest absolute Gasteiger partial charge is 0.270 e. The molecule has 0 amide bonds. The molecule has 0 spiro atoms. The Balaban J connectivity index is 3.12. The predicted octanol–water partition coefficient (Wildman–Crippen LogP) is 1.44. The van der Waals surface area contributed by atoms with Crippen LogP contribution < -0.4 is 0 Å². The number of hydrogen-bond acceptors (Lipinski definition) is 5. The molecule has 78 valence electrons. The highest BCUT2D eigenvalue weighted by atomic mass is 16.6. The lowest BCUT2D eigenvalue weighted by atomic mass is 10.00. The fraction of sp³-hybridized carbons (Fsp3) is 0.100. The van der Waals surface area contributed by atoms with E-state index in [0.717, 1.165) is 6.07 Å². The van der Waals surface area contributed by atoms with Crippen molar-refractivity contribution in [3.63, 3.8) is 0 Å². The maximum Gasteiger partial charge on any atom is 0.270 e. The molecule has 16 heavy (non-hydrogen) atoms. The van der Waals surface area contributed by atoms with Gasteiger partial charge in [0.2, 0.25) is 0 Å². The van der Waals surface area contributed by atoms with Gasteiger partial charge < -0.3 is 0 Å². The number of nitriles is 2. The summed E-state index contributed by atoms with van der Waals surface area (Å²) in [5.41, 5.74) is -0.261. The Labute approximate surface area is 90.5 Å². The SMILES string of the molecule is N#CC(C#N)C(=O)c1cccc([N+](=O)[O-])c1. The fourth-order valence-corrected chi connectivity index (χ4v) is 1.09. The third-order valence-electron chi connectivity index (χ3n) is 1.86. The van der Waals surface area contributed by atoms with E-state index >= 15 is 0 Å². The van der Waals surface area contributed by atoms with Crippen LogP contribution in [0.3, 0.4) is 0 Å². The molecule has 0 N–H and O–H groups in total. The van der Waals surface area contributed by atoms with Crippen LogP contribution in [0.15, 0.2) is 24.3 Å². The van der Waals surface area contributed by atoms with E-state index in [1.165, 1.54) is 30.3 Å². The van der Waals surface area contributed by atoms with Gasteiger partial charge in [0.15, 0.2) is 11.7 Å². The average molecular weight is 215 g/mol. The second kappa shape index (κ2) is 4.67. The molecule has 0 saturated heterocycles. The molecule has 0 bridgehead atoms. The van der Waals surface area contributed by atoms with Gasteiger partial charge in [0, 0.05) is 17.7 Å². The van der Waals surface area contributed by atoms with Crippen LogP contribution in [0.1, 0.15) is 10.4 Å². The minimum Gasteiger partial charge on any atom is -0.291 e. The fourth-order valence-electron chi connectivity index (χ4n) is 1.09. The quantitative estimate of drug-likeness (QED) is 0.430. The molecule has 0 atom stereocenters. The van der Waals surface area contributed by atoms with Crippen LogP contribution in [0.2, 0.25) is 0 Å². The van der Waals surface area contributed by atoms with E-state index in [1.54, 1.807) is 0 Å². The van der Waals surface area contributed by atoms with Crippen LogP contribution in [-0.2, 0) is 0 Å². The number of benzene rings is 1. The Morgan fingerprint density at radius 2 is 2.00 bits per heavy atom. The zero-order valence-electron chi connectivity index (χ0n) is 7.95. The Morgan fingerprint density at radius 1 is 1.38 bits per heavy atom. The van der Waals surface area contributed by atoms with Crippen molar-refractivity contribution in [2.75, 3.05) is 0 Å². The first-order valence-corrected chi connectivity index (χ1v) is 4.18. The Kier molecular flexibility index (Phi) is 3.31. The minimum atomic E-state index is -1.43. The molecule has 0 unspecified atom stereocenters. The molecule has 0 aliphatic carbocycles. The molecule has 6 nitrogen and oxygen atoms in total. The molecular formula is C10H5N3O3. The number of rotatable bonds is 3. The molecule has 0 fully saturated rings. The predicted molar refractivity (Wildman–Crippen MR) is 52.1 cm³/mol. The highest BCUT2D eigenvalue weighted by molar-refractivity contribution is 6.01. The van der Waals surface area contributed by atoms with Crippen molar-refractivity contribution in [3.05, 3.63) is 39.9 Å². The largest absolute Gasteiger partial charge is 0.291 e. The van der Waals surface area contributed by atoms with Crippen molar-refractivity contribution in [1.82, 2.24) is 0 Å². The molecule has 1 rings (SSSR count). The first-order chi connectivity index (χ1) is 7.60. The van der Waals surface area contributed by atoms with Gasteiger partial charge in [-0.2, -0.15) is 10.5 Å². The summed E-state index contributed by atoms with van der Waals surface area (Å²) in [6.07, 6.45) is 0. The van der Waals surface area contributed by atoms with Crippen LogP contribution in [0.5, 0.6) is 0 Å². The average Bonchev–Trinajstić information content (AvgIpc) is 2.30. The summed E-state index contributed by atoms with van der Waals surface area (Å²) in [7, 11) is 0. The third-order valence-corrected chi connectivity index (χ3v) is 1.86. The summed E-state index contributed by atoms with van der Waals surface area (Å²) < 4.78 is 0. The molecule has 0 aliphatic rings. The lowest BCUT2D eigenvalue weighted by Crippen LogP contribution is -2.10. The number of nitrogens with zero attached hydrogens (tertiary/aromatic N) is 3. The zero-order chi connectivity index (χ0) is 12.1. The molecule has 0 aliphatic heterocycles. The van der Waals surface area contributed by atoms with Crippen molar-refractivity contribution in [2.45, 2.75) is 0 Å². The summed E-state index contributed by atoms with van der Waals surface area (Å²) in [6, 6.07) is 7.97. The van der Waals surface area contributed by atoms with Gasteiger partial charge in [0.25, 0.3) is 5.69 Å². The number of hydrogen-bond donors (Lipinski definition) is 0. The first-order valence-electron chi connectivity index (χ1n) is 4.18. The van der Waals surface area contributed by atoms with Crippen molar-refractivity contribution < 1.29 is 9.72 Å². The van der Waals surface area contributed by atoms with Gasteiger partial charge in [0.05, 0.1) is 17.1 Å². The summed E-state index contributed by atoms with van der Waals surface area (Å²) in [5, 5.41) is 27.5. The summed E-state index contributed by atoms with van der Waals surface area (Å²) in [4.78, 5) is 21.3.